The van der Waals surface area contributed by atoms with Crippen molar-refractivity contribution in [3.63, 3.8) is 0 Å². The summed E-state index contributed by atoms with van der Waals surface area (Å²) in [4.78, 5) is 19.7. The van der Waals surface area contributed by atoms with Crippen molar-refractivity contribution in [2.24, 2.45) is 0 Å². The van der Waals surface area contributed by atoms with Crippen molar-refractivity contribution < 1.29 is 4.79 Å². The molecule has 1 aliphatic heterocycles. The lowest BCUT2D eigenvalue weighted by Crippen LogP contribution is -2.49. The number of benzene rings is 1. The normalized spacial score (nSPS) is 15.8. The molecule has 1 amide bonds. The van der Waals surface area contributed by atoms with Crippen LogP contribution in [0.25, 0.3) is 0 Å². The van der Waals surface area contributed by atoms with E-state index in [0.717, 1.165) is 31.9 Å². The lowest BCUT2D eigenvalue weighted by Gasteiger charge is -2.34. The number of nitrogens with one attached hydrogen (secondary N) is 1. The summed E-state index contributed by atoms with van der Waals surface area (Å²) in [6, 6.07) is 9.71. The van der Waals surface area contributed by atoms with Gasteiger partial charge >= 0.3 is 0 Å². The van der Waals surface area contributed by atoms with E-state index in [1.807, 2.05) is 30.3 Å². The van der Waals surface area contributed by atoms with Gasteiger partial charge in [0.2, 0.25) is 5.91 Å². The molecule has 2 rings (SSSR count). The molecule has 0 atom stereocenters. The predicted octanol–water partition coefficient (Wildman–Crippen LogP) is 3.54. The van der Waals surface area contributed by atoms with Crippen LogP contribution >= 0.6 is 0 Å². The highest BCUT2D eigenvalue weighted by Crippen LogP contribution is 2.07. The molecule has 5 nitrogen and oxygen atoms in total. The van der Waals surface area contributed by atoms with Gasteiger partial charge in [-0.25, -0.2) is 0 Å². The summed E-state index contributed by atoms with van der Waals surface area (Å²) in [5, 5.41) is 2.98. The van der Waals surface area contributed by atoms with E-state index in [1.165, 1.54) is 58.3 Å². The Kier molecular flexibility index (Phi) is 11.2. The van der Waals surface area contributed by atoms with E-state index < -0.39 is 0 Å². The zero-order valence-electron chi connectivity index (χ0n) is 18.0. The molecule has 1 saturated heterocycles. The van der Waals surface area contributed by atoms with Crippen LogP contribution in [0.3, 0.4) is 0 Å². The van der Waals surface area contributed by atoms with Crippen LogP contribution in [0.5, 0.6) is 0 Å². The minimum Gasteiger partial charge on any atom is -0.325 e. The van der Waals surface area contributed by atoms with Crippen LogP contribution in [0.1, 0.15) is 46.0 Å². The molecule has 1 aromatic carbocycles. The second kappa shape index (κ2) is 13.7. The summed E-state index contributed by atoms with van der Waals surface area (Å²) in [5.41, 5.74) is 0.877. The van der Waals surface area contributed by atoms with Crippen LogP contribution in [0.4, 0.5) is 5.69 Å². The number of rotatable bonds is 13. The summed E-state index contributed by atoms with van der Waals surface area (Å²) in [6.45, 7) is 14.1. The molecule has 158 valence electrons. The summed E-state index contributed by atoms with van der Waals surface area (Å²) in [7, 11) is 0. The SMILES string of the molecule is CCCCN(CCCC)CCCN1CCN(CC(=O)Nc2ccccc2)CC1. The van der Waals surface area contributed by atoms with E-state index in [9.17, 15) is 4.79 Å². The van der Waals surface area contributed by atoms with Crippen molar-refractivity contribution in [1.29, 1.82) is 0 Å². The molecular weight excluding hydrogens is 348 g/mol. The van der Waals surface area contributed by atoms with Crippen molar-refractivity contribution in [3.8, 4) is 0 Å². The molecule has 0 aliphatic carbocycles. The van der Waals surface area contributed by atoms with Gasteiger partial charge in [0.05, 0.1) is 6.54 Å². The summed E-state index contributed by atoms with van der Waals surface area (Å²) < 4.78 is 0. The number of carbonyl (C=O) groups excluding carboxylic acids is 1. The fraction of sp³-hybridized carbons (Fsp3) is 0.696. The molecule has 0 unspecified atom stereocenters. The topological polar surface area (TPSA) is 38.8 Å². The average Bonchev–Trinajstić information content (AvgIpc) is 2.71. The second-order valence-corrected chi connectivity index (χ2v) is 7.93. The Hall–Kier alpha value is -1.43. The minimum absolute atomic E-state index is 0.0853. The monoisotopic (exact) mass is 388 g/mol. The summed E-state index contributed by atoms with van der Waals surface area (Å²) >= 11 is 0. The Bertz CT molecular complexity index is 521. The number of para-hydroxylation sites is 1. The van der Waals surface area contributed by atoms with E-state index in [2.05, 4.69) is 33.9 Å². The molecule has 28 heavy (non-hydrogen) atoms. The molecule has 0 saturated carbocycles. The van der Waals surface area contributed by atoms with Crippen LogP contribution in [0, 0.1) is 0 Å². The molecule has 0 radical (unpaired) electrons. The minimum atomic E-state index is 0.0853. The number of amides is 1. The maximum absolute atomic E-state index is 12.2. The van der Waals surface area contributed by atoms with Gasteiger partial charge in [-0.3, -0.25) is 9.69 Å². The van der Waals surface area contributed by atoms with Gasteiger partial charge in [-0.2, -0.15) is 0 Å². The quantitative estimate of drug-likeness (QED) is 0.561. The van der Waals surface area contributed by atoms with Crippen LogP contribution in [0.15, 0.2) is 30.3 Å². The highest BCUT2D eigenvalue weighted by atomic mass is 16.2. The molecule has 0 aromatic heterocycles. The van der Waals surface area contributed by atoms with Crippen LogP contribution in [0.2, 0.25) is 0 Å². The molecule has 1 aliphatic rings. The Labute approximate surface area is 172 Å². The van der Waals surface area contributed by atoms with Crippen molar-refractivity contribution in [2.45, 2.75) is 46.0 Å². The van der Waals surface area contributed by atoms with Crippen molar-refractivity contribution in [1.82, 2.24) is 14.7 Å². The van der Waals surface area contributed by atoms with E-state index in [1.54, 1.807) is 0 Å². The van der Waals surface area contributed by atoms with Gasteiger partial charge in [-0.1, -0.05) is 44.9 Å². The van der Waals surface area contributed by atoms with Gasteiger partial charge in [0.25, 0.3) is 0 Å². The van der Waals surface area contributed by atoms with Crippen molar-refractivity contribution in [2.75, 3.05) is 64.2 Å². The third-order valence-electron chi connectivity index (χ3n) is 5.49. The number of anilines is 1. The van der Waals surface area contributed by atoms with Crippen LogP contribution in [-0.2, 0) is 4.79 Å². The number of piperazine rings is 1. The largest absolute Gasteiger partial charge is 0.325 e. The number of hydrogen-bond acceptors (Lipinski definition) is 4. The second-order valence-electron chi connectivity index (χ2n) is 7.93. The Balaban J connectivity index is 1.60. The highest BCUT2D eigenvalue weighted by molar-refractivity contribution is 5.92. The molecule has 0 spiro atoms. The third-order valence-corrected chi connectivity index (χ3v) is 5.49. The molecule has 5 heteroatoms. The van der Waals surface area contributed by atoms with Gasteiger partial charge in [-0.05, 0) is 57.6 Å². The first-order chi connectivity index (χ1) is 13.7. The first kappa shape index (κ1) is 22.9. The number of carbonyl (C=O) groups is 1. The Morgan fingerprint density at radius 2 is 1.46 bits per heavy atom. The number of hydrogen-bond donors (Lipinski definition) is 1. The number of unbranched alkanes of at least 4 members (excludes halogenated alkanes) is 2. The van der Waals surface area contributed by atoms with Gasteiger partial charge in [0, 0.05) is 31.9 Å². The predicted molar refractivity (Wildman–Crippen MR) is 119 cm³/mol. The Morgan fingerprint density at radius 1 is 0.893 bits per heavy atom. The maximum Gasteiger partial charge on any atom is 0.238 e. The van der Waals surface area contributed by atoms with E-state index in [4.69, 9.17) is 0 Å². The smallest absolute Gasteiger partial charge is 0.238 e. The van der Waals surface area contributed by atoms with E-state index >= 15 is 0 Å². The molecule has 0 bridgehead atoms. The first-order valence-corrected chi connectivity index (χ1v) is 11.2. The molecule has 1 fully saturated rings. The fourth-order valence-corrected chi connectivity index (χ4v) is 3.71. The van der Waals surface area contributed by atoms with Crippen molar-refractivity contribution >= 4 is 11.6 Å². The lowest BCUT2D eigenvalue weighted by atomic mass is 10.2. The molecule has 1 aromatic rings. The van der Waals surface area contributed by atoms with Gasteiger partial charge in [-0.15, -0.1) is 0 Å². The van der Waals surface area contributed by atoms with E-state index in [0.29, 0.717) is 6.54 Å². The van der Waals surface area contributed by atoms with Gasteiger partial charge < -0.3 is 15.1 Å². The molecular formula is C23H40N4O. The van der Waals surface area contributed by atoms with Gasteiger partial charge in [0.15, 0.2) is 0 Å². The molecule has 1 N–H and O–H groups in total. The maximum atomic E-state index is 12.2. The molecule has 1 heterocycles. The third kappa shape index (κ3) is 9.18. The first-order valence-electron chi connectivity index (χ1n) is 11.2. The van der Waals surface area contributed by atoms with Gasteiger partial charge in [0.1, 0.15) is 0 Å². The Morgan fingerprint density at radius 3 is 2.07 bits per heavy atom. The number of nitrogens with zero attached hydrogens (tertiary/aromatic N) is 3. The fourth-order valence-electron chi connectivity index (χ4n) is 3.71. The van der Waals surface area contributed by atoms with Crippen LogP contribution < -0.4 is 5.32 Å². The lowest BCUT2D eigenvalue weighted by molar-refractivity contribution is -0.117. The highest BCUT2D eigenvalue weighted by Gasteiger charge is 2.19. The summed E-state index contributed by atoms with van der Waals surface area (Å²) in [6.07, 6.45) is 6.44. The van der Waals surface area contributed by atoms with Crippen LogP contribution in [-0.4, -0.2) is 79.5 Å². The standard InChI is InChI=1S/C23H40N4O/c1-3-5-13-25(14-6-4-2)15-10-16-26-17-19-27(20-18-26)21-23(28)24-22-11-8-7-9-12-22/h7-9,11-12H,3-6,10,13-21H2,1-2H3,(H,24,28). The summed E-state index contributed by atoms with van der Waals surface area (Å²) in [5.74, 6) is 0.0853. The zero-order valence-corrected chi connectivity index (χ0v) is 18.0. The zero-order chi connectivity index (χ0) is 20.0. The van der Waals surface area contributed by atoms with Crippen molar-refractivity contribution in [3.05, 3.63) is 30.3 Å². The average molecular weight is 389 g/mol. The van der Waals surface area contributed by atoms with E-state index in [-0.39, 0.29) is 5.91 Å².